The normalized spacial score (nSPS) is 20.2. The van der Waals surface area contributed by atoms with Crippen LogP contribution in [0.25, 0.3) is 0 Å². The van der Waals surface area contributed by atoms with E-state index in [1.807, 2.05) is 0 Å². The molecule has 0 aromatic heterocycles. The van der Waals surface area contributed by atoms with Crippen LogP contribution in [0.5, 0.6) is 0 Å². The van der Waals surface area contributed by atoms with E-state index in [1.165, 1.54) is 0 Å². The second kappa shape index (κ2) is 4.97. The van der Waals surface area contributed by atoms with Crippen molar-refractivity contribution in [2.24, 2.45) is 11.7 Å². The zero-order valence-electron chi connectivity index (χ0n) is 7.06. The molecule has 74 valence electrons. The van der Waals surface area contributed by atoms with E-state index >= 15 is 0 Å². The summed E-state index contributed by atoms with van der Waals surface area (Å²) in [7, 11) is 0. The van der Waals surface area contributed by atoms with Gasteiger partial charge in [0.2, 0.25) is 0 Å². The van der Waals surface area contributed by atoms with Gasteiger partial charge in [0, 0.05) is 5.92 Å². The predicted octanol–water partition coefficient (Wildman–Crippen LogP) is 2.58. The lowest BCUT2D eigenvalue weighted by molar-refractivity contribution is -0.0616. The number of rotatable bonds is 2. The standard InChI is InChI=1S/C8H15F2N.ClH/c9-8(10,6-11)7-4-2-1-3-5-7;/h7H,1-6,11H2;1H. The molecule has 12 heavy (non-hydrogen) atoms. The van der Waals surface area contributed by atoms with E-state index < -0.39 is 18.4 Å². The summed E-state index contributed by atoms with van der Waals surface area (Å²) in [5.41, 5.74) is 4.99. The molecule has 1 rings (SSSR count). The molecule has 0 heterocycles. The summed E-state index contributed by atoms with van der Waals surface area (Å²) in [6, 6.07) is 0. The Morgan fingerprint density at radius 3 is 2.08 bits per heavy atom. The van der Waals surface area contributed by atoms with Crippen LogP contribution in [0.2, 0.25) is 0 Å². The lowest BCUT2D eigenvalue weighted by atomic mass is 9.85. The van der Waals surface area contributed by atoms with Gasteiger partial charge in [-0.1, -0.05) is 19.3 Å². The van der Waals surface area contributed by atoms with Gasteiger partial charge in [0.1, 0.15) is 0 Å². The molecular weight excluding hydrogens is 184 g/mol. The van der Waals surface area contributed by atoms with E-state index in [9.17, 15) is 8.78 Å². The van der Waals surface area contributed by atoms with Crippen LogP contribution in [-0.2, 0) is 0 Å². The van der Waals surface area contributed by atoms with E-state index in [0.717, 1.165) is 19.3 Å². The van der Waals surface area contributed by atoms with Gasteiger partial charge in [0.25, 0.3) is 5.92 Å². The molecule has 0 unspecified atom stereocenters. The van der Waals surface area contributed by atoms with Crippen molar-refractivity contribution in [2.45, 2.75) is 38.0 Å². The highest BCUT2D eigenvalue weighted by atomic mass is 35.5. The first-order chi connectivity index (χ1) is 5.17. The molecular formula is C8H16ClF2N. The Bertz CT molecular complexity index is 124. The summed E-state index contributed by atoms with van der Waals surface area (Å²) in [6.07, 6.45) is 4.31. The third-order valence-electron chi connectivity index (χ3n) is 2.47. The first-order valence-electron chi connectivity index (χ1n) is 4.24. The number of hydrogen-bond donors (Lipinski definition) is 1. The molecule has 0 atom stereocenters. The minimum Gasteiger partial charge on any atom is -0.325 e. The van der Waals surface area contributed by atoms with E-state index in [0.29, 0.717) is 12.8 Å². The van der Waals surface area contributed by atoms with Crippen LogP contribution in [0.3, 0.4) is 0 Å². The molecule has 0 bridgehead atoms. The number of alkyl halides is 2. The average molecular weight is 200 g/mol. The Hall–Kier alpha value is 0.110. The topological polar surface area (TPSA) is 26.0 Å². The van der Waals surface area contributed by atoms with Gasteiger partial charge in [-0.15, -0.1) is 12.4 Å². The Balaban J connectivity index is 0.00000121. The van der Waals surface area contributed by atoms with Crippen molar-refractivity contribution in [3.05, 3.63) is 0 Å². The summed E-state index contributed by atoms with van der Waals surface area (Å²) in [6.45, 7) is -0.488. The van der Waals surface area contributed by atoms with Crippen LogP contribution in [-0.4, -0.2) is 12.5 Å². The van der Waals surface area contributed by atoms with Crippen molar-refractivity contribution >= 4 is 12.4 Å². The van der Waals surface area contributed by atoms with Gasteiger partial charge >= 0.3 is 0 Å². The summed E-state index contributed by atoms with van der Waals surface area (Å²) >= 11 is 0. The number of nitrogens with two attached hydrogens (primary N) is 1. The number of halogens is 3. The summed E-state index contributed by atoms with van der Waals surface area (Å²) in [4.78, 5) is 0. The third-order valence-corrected chi connectivity index (χ3v) is 2.47. The highest BCUT2D eigenvalue weighted by Crippen LogP contribution is 2.35. The molecule has 1 fully saturated rings. The van der Waals surface area contributed by atoms with E-state index in [1.54, 1.807) is 0 Å². The predicted molar refractivity (Wildman–Crippen MR) is 47.8 cm³/mol. The molecule has 4 heteroatoms. The van der Waals surface area contributed by atoms with Crippen molar-refractivity contribution in [2.75, 3.05) is 6.54 Å². The van der Waals surface area contributed by atoms with Crippen LogP contribution in [0.15, 0.2) is 0 Å². The van der Waals surface area contributed by atoms with Crippen LogP contribution >= 0.6 is 12.4 Å². The minimum atomic E-state index is -2.61. The molecule has 0 aromatic carbocycles. The molecule has 0 saturated heterocycles. The maximum atomic E-state index is 12.9. The molecule has 1 aliphatic carbocycles. The van der Waals surface area contributed by atoms with Crippen LogP contribution < -0.4 is 5.73 Å². The van der Waals surface area contributed by atoms with Crippen molar-refractivity contribution in [3.8, 4) is 0 Å². The van der Waals surface area contributed by atoms with Crippen LogP contribution in [0.1, 0.15) is 32.1 Å². The second-order valence-corrected chi connectivity index (χ2v) is 3.30. The molecule has 0 spiro atoms. The molecule has 0 radical (unpaired) electrons. The zero-order chi connectivity index (χ0) is 8.32. The van der Waals surface area contributed by atoms with Gasteiger partial charge in [-0.2, -0.15) is 0 Å². The Kier molecular flexibility index (Phi) is 5.02. The van der Waals surface area contributed by atoms with Gasteiger partial charge in [0.15, 0.2) is 0 Å². The second-order valence-electron chi connectivity index (χ2n) is 3.30. The van der Waals surface area contributed by atoms with Crippen LogP contribution in [0, 0.1) is 5.92 Å². The Morgan fingerprint density at radius 1 is 1.17 bits per heavy atom. The summed E-state index contributed by atoms with van der Waals surface area (Å²) in [5.74, 6) is -3.05. The Labute approximate surface area is 78.1 Å². The first-order valence-corrected chi connectivity index (χ1v) is 4.24. The van der Waals surface area contributed by atoms with Gasteiger partial charge < -0.3 is 5.73 Å². The lowest BCUT2D eigenvalue weighted by Crippen LogP contribution is -2.37. The van der Waals surface area contributed by atoms with E-state index in [2.05, 4.69) is 0 Å². The number of hydrogen-bond acceptors (Lipinski definition) is 1. The van der Waals surface area contributed by atoms with Crippen molar-refractivity contribution < 1.29 is 8.78 Å². The van der Waals surface area contributed by atoms with Gasteiger partial charge in [-0.25, -0.2) is 8.78 Å². The average Bonchev–Trinajstić information content (AvgIpc) is 2.06. The summed E-state index contributed by atoms with van der Waals surface area (Å²) in [5, 5.41) is 0. The molecule has 2 N–H and O–H groups in total. The van der Waals surface area contributed by atoms with Crippen molar-refractivity contribution in [1.82, 2.24) is 0 Å². The quantitative estimate of drug-likeness (QED) is 0.727. The first kappa shape index (κ1) is 12.1. The fourth-order valence-electron chi connectivity index (χ4n) is 1.69. The van der Waals surface area contributed by atoms with Gasteiger partial charge in [0.05, 0.1) is 6.54 Å². The smallest absolute Gasteiger partial charge is 0.262 e. The molecule has 0 aromatic rings. The zero-order valence-corrected chi connectivity index (χ0v) is 7.88. The molecule has 1 aliphatic rings. The molecule has 1 nitrogen and oxygen atoms in total. The highest BCUT2D eigenvalue weighted by Gasteiger charge is 2.37. The molecule has 1 saturated carbocycles. The van der Waals surface area contributed by atoms with Crippen LogP contribution in [0.4, 0.5) is 8.78 Å². The minimum absolute atomic E-state index is 0. The fraction of sp³-hybridized carbons (Fsp3) is 1.00. The lowest BCUT2D eigenvalue weighted by Gasteiger charge is -2.28. The van der Waals surface area contributed by atoms with Gasteiger partial charge in [-0.05, 0) is 12.8 Å². The fourth-order valence-corrected chi connectivity index (χ4v) is 1.69. The maximum absolute atomic E-state index is 12.9. The Morgan fingerprint density at radius 2 is 1.67 bits per heavy atom. The van der Waals surface area contributed by atoms with Crippen molar-refractivity contribution in [3.63, 3.8) is 0 Å². The molecule has 0 aliphatic heterocycles. The van der Waals surface area contributed by atoms with Gasteiger partial charge in [-0.3, -0.25) is 0 Å². The van der Waals surface area contributed by atoms with Crippen molar-refractivity contribution in [1.29, 1.82) is 0 Å². The highest BCUT2D eigenvalue weighted by molar-refractivity contribution is 5.85. The monoisotopic (exact) mass is 199 g/mol. The van der Waals surface area contributed by atoms with E-state index in [4.69, 9.17) is 5.73 Å². The summed E-state index contributed by atoms with van der Waals surface area (Å²) < 4.78 is 25.8. The maximum Gasteiger partial charge on any atom is 0.262 e. The third kappa shape index (κ3) is 2.87. The van der Waals surface area contributed by atoms with E-state index in [-0.39, 0.29) is 12.4 Å². The SMILES string of the molecule is Cl.NCC(F)(F)C1CCCCC1. The largest absolute Gasteiger partial charge is 0.325 e. The molecule has 0 amide bonds.